The van der Waals surface area contributed by atoms with Crippen LogP contribution in [0.15, 0.2) is 24.3 Å². The Labute approximate surface area is 69.6 Å². The fourth-order valence-electron chi connectivity index (χ4n) is 1.37. The van der Waals surface area contributed by atoms with Gasteiger partial charge in [-0.3, -0.25) is 0 Å². The minimum absolute atomic E-state index is 0.282. The van der Waals surface area contributed by atoms with Gasteiger partial charge in [-0.05, 0) is 6.07 Å². The number of alkyl halides is 1. The van der Waals surface area contributed by atoms with Crippen molar-refractivity contribution in [1.29, 1.82) is 0 Å². The van der Waals surface area contributed by atoms with Gasteiger partial charge in [-0.15, -0.1) is 0 Å². The first-order valence-corrected chi connectivity index (χ1v) is 3.83. The van der Waals surface area contributed by atoms with Gasteiger partial charge in [0.25, 0.3) is 0 Å². The van der Waals surface area contributed by atoms with Gasteiger partial charge in [0.05, 0.1) is 6.61 Å². The third kappa shape index (κ3) is 0.975. The molecule has 2 atom stereocenters. The van der Waals surface area contributed by atoms with Crippen LogP contribution in [0.4, 0.5) is 4.39 Å². The van der Waals surface area contributed by atoms with Crippen molar-refractivity contribution < 1.29 is 14.2 Å². The molecule has 0 aromatic heterocycles. The molecule has 0 spiro atoms. The van der Waals surface area contributed by atoms with Gasteiger partial charge in [0.2, 0.25) is 0 Å². The van der Waals surface area contributed by atoms with Crippen LogP contribution in [0.3, 0.4) is 0 Å². The second kappa shape index (κ2) is 2.75. The summed E-state index contributed by atoms with van der Waals surface area (Å²) in [5.41, 5.74) is 0.538. The topological polar surface area (TPSA) is 29.5 Å². The van der Waals surface area contributed by atoms with Crippen molar-refractivity contribution in [2.75, 3.05) is 6.61 Å². The largest absolute Gasteiger partial charge is 0.484 e. The average molecular weight is 168 g/mol. The molecule has 0 aliphatic carbocycles. The highest BCUT2D eigenvalue weighted by molar-refractivity contribution is 5.39. The standard InChI is InChI=1S/C9H9FO2/c10-9-6-3-1-2-4-7(6)12-8(9)5-11/h1-4,8-9,11H,5H2. The third-order valence-electron chi connectivity index (χ3n) is 2.00. The van der Waals surface area contributed by atoms with Gasteiger partial charge in [0.15, 0.2) is 12.3 Å². The number of halogens is 1. The summed E-state index contributed by atoms with van der Waals surface area (Å²) in [6.45, 7) is -0.282. The third-order valence-corrected chi connectivity index (χ3v) is 2.00. The van der Waals surface area contributed by atoms with Crippen molar-refractivity contribution in [2.24, 2.45) is 0 Å². The lowest BCUT2D eigenvalue weighted by atomic mass is 10.1. The minimum Gasteiger partial charge on any atom is -0.484 e. The molecule has 1 aliphatic rings. The molecular weight excluding hydrogens is 159 g/mol. The van der Waals surface area contributed by atoms with Crippen LogP contribution in [0.25, 0.3) is 0 Å². The van der Waals surface area contributed by atoms with Gasteiger partial charge in [-0.25, -0.2) is 4.39 Å². The number of aliphatic hydroxyl groups excluding tert-OH is 1. The second-order valence-electron chi connectivity index (χ2n) is 2.78. The van der Waals surface area contributed by atoms with Gasteiger partial charge in [0.1, 0.15) is 5.75 Å². The summed E-state index contributed by atoms with van der Waals surface area (Å²) >= 11 is 0. The molecule has 0 amide bonds. The van der Waals surface area contributed by atoms with Gasteiger partial charge in [-0.1, -0.05) is 18.2 Å². The lowest BCUT2D eigenvalue weighted by Crippen LogP contribution is -2.20. The first-order chi connectivity index (χ1) is 5.83. The van der Waals surface area contributed by atoms with Crippen molar-refractivity contribution in [3.8, 4) is 5.75 Å². The van der Waals surface area contributed by atoms with Gasteiger partial charge >= 0.3 is 0 Å². The predicted octanol–water partition coefficient (Wildman–Crippen LogP) is 1.45. The SMILES string of the molecule is OCC1Oc2ccccc2C1F. The lowest BCUT2D eigenvalue weighted by Gasteiger charge is -2.07. The Hall–Kier alpha value is -1.09. The van der Waals surface area contributed by atoms with Crippen LogP contribution in [-0.2, 0) is 0 Å². The highest BCUT2D eigenvalue weighted by Crippen LogP contribution is 2.38. The Morgan fingerprint density at radius 3 is 2.83 bits per heavy atom. The van der Waals surface area contributed by atoms with E-state index in [1.54, 1.807) is 24.3 Å². The Bertz CT molecular complexity index is 288. The van der Waals surface area contributed by atoms with Gasteiger partial charge in [0, 0.05) is 5.56 Å². The van der Waals surface area contributed by atoms with E-state index in [0.29, 0.717) is 11.3 Å². The van der Waals surface area contributed by atoms with Crippen LogP contribution in [0, 0.1) is 0 Å². The Morgan fingerprint density at radius 1 is 1.42 bits per heavy atom. The maximum Gasteiger partial charge on any atom is 0.168 e. The quantitative estimate of drug-likeness (QED) is 0.687. The van der Waals surface area contributed by atoms with E-state index < -0.39 is 12.3 Å². The molecular formula is C9H9FO2. The van der Waals surface area contributed by atoms with E-state index in [4.69, 9.17) is 9.84 Å². The molecule has 1 aromatic carbocycles. The summed E-state index contributed by atoms with van der Waals surface area (Å²) < 4.78 is 18.4. The molecule has 0 saturated heterocycles. The maximum atomic E-state index is 13.3. The fourth-order valence-corrected chi connectivity index (χ4v) is 1.37. The molecule has 0 bridgehead atoms. The molecule has 1 aromatic rings. The zero-order chi connectivity index (χ0) is 8.55. The molecule has 3 heteroatoms. The van der Waals surface area contributed by atoms with Crippen LogP contribution >= 0.6 is 0 Å². The van der Waals surface area contributed by atoms with Crippen molar-refractivity contribution in [3.63, 3.8) is 0 Å². The number of fused-ring (bicyclic) bond motifs is 1. The zero-order valence-corrected chi connectivity index (χ0v) is 6.40. The molecule has 2 nitrogen and oxygen atoms in total. The molecule has 2 rings (SSSR count). The van der Waals surface area contributed by atoms with Crippen molar-refractivity contribution in [1.82, 2.24) is 0 Å². The summed E-state index contributed by atoms with van der Waals surface area (Å²) in [7, 11) is 0. The highest BCUT2D eigenvalue weighted by atomic mass is 19.1. The van der Waals surface area contributed by atoms with E-state index in [1.807, 2.05) is 0 Å². The second-order valence-corrected chi connectivity index (χ2v) is 2.78. The van der Waals surface area contributed by atoms with Crippen LogP contribution in [-0.4, -0.2) is 17.8 Å². The van der Waals surface area contributed by atoms with Crippen molar-refractivity contribution in [2.45, 2.75) is 12.3 Å². The first kappa shape index (κ1) is 7.55. The molecule has 1 aliphatic heterocycles. The fraction of sp³-hybridized carbons (Fsp3) is 0.333. The summed E-state index contributed by atoms with van der Waals surface area (Å²) in [5, 5.41) is 8.74. The van der Waals surface area contributed by atoms with E-state index in [-0.39, 0.29) is 6.61 Å². The number of rotatable bonds is 1. The van der Waals surface area contributed by atoms with E-state index in [1.165, 1.54) is 0 Å². The Morgan fingerprint density at radius 2 is 2.17 bits per heavy atom. The highest BCUT2D eigenvalue weighted by Gasteiger charge is 2.33. The number of aliphatic hydroxyl groups is 1. The van der Waals surface area contributed by atoms with Gasteiger partial charge in [-0.2, -0.15) is 0 Å². The minimum atomic E-state index is -1.19. The normalized spacial score (nSPS) is 26.5. The van der Waals surface area contributed by atoms with Crippen LogP contribution < -0.4 is 4.74 Å². The monoisotopic (exact) mass is 168 g/mol. The van der Waals surface area contributed by atoms with Gasteiger partial charge < -0.3 is 9.84 Å². The summed E-state index contributed by atoms with van der Waals surface area (Å²) in [5.74, 6) is 0.545. The van der Waals surface area contributed by atoms with E-state index in [9.17, 15) is 4.39 Å². The average Bonchev–Trinajstić information content (AvgIpc) is 2.44. The zero-order valence-electron chi connectivity index (χ0n) is 6.40. The van der Waals surface area contributed by atoms with E-state index in [0.717, 1.165) is 0 Å². The summed E-state index contributed by atoms with van der Waals surface area (Å²) in [6.07, 6.45) is -1.91. The molecule has 1 heterocycles. The van der Waals surface area contributed by atoms with E-state index >= 15 is 0 Å². The molecule has 2 unspecified atom stereocenters. The molecule has 0 saturated carbocycles. The summed E-state index contributed by atoms with van der Waals surface area (Å²) in [4.78, 5) is 0. The Balaban J connectivity index is 2.35. The molecule has 0 fully saturated rings. The number of hydrogen-bond acceptors (Lipinski definition) is 2. The Kier molecular flexibility index (Phi) is 1.73. The lowest BCUT2D eigenvalue weighted by molar-refractivity contribution is 0.0741. The number of hydrogen-bond donors (Lipinski definition) is 1. The molecule has 64 valence electrons. The van der Waals surface area contributed by atoms with Crippen LogP contribution in [0.2, 0.25) is 0 Å². The van der Waals surface area contributed by atoms with Crippen molar-refractivity contribution in [3.05, 3.63) is 29.8 Å². The molecule has 1 N–H and O–H groups in total. The number of benzene rings is 1. The number of para-hydroxylation sites is 1. The predicted molar refractivity (Wildman–Crippen MR) is 41.8 cm³/mol. The number of ether oxygens (including phenoxy) is 1. The van der Waals surface area contributed by atoms with Crippen LogP contribution in [0.5, 0.6) is 5.75 Å². The van der Waals surface area contributed by atoms with E-state index in [2.05, 4.69) is 0 Å². The van der Waals surface area contributed by atoms with Crippen LogP contribution in [0.1, 0.15) is 11.7 Å². The summed E-state index contributed by atoms with van der Waals surface area (Å²) in [6, 6.07) is 6.92. The smallest absolute Gasteiger partial charge is 0.168 e. The molecule has 0 radical (unpaired) electrons. The maximum absolute atomic E-state index is 13.3. The first-order valence-electron chi connectivity index (χ1n) is 3.83. The molecule has 12 heavy (non-hydrogen) atoms. The van der Waals surface area contributed by atoms with Crippen molar-refractivity contribution >= 4 is 0 Å².